The van der Waals surface area contributed by atoms with E-state index in [0.29, 0.717) is 18.5 Å². The van der Waals surface area contributed by atoms with Crippen LogP contribution in [0, 0.1) is 11.6 Å². The predicted molar refractivity (Wildman–Crippen MR) is 107 cm³/mol. The molecule has 0 aromatic heterocycles. The molecule has 3 rings (SSSR count). The molecule has 0 radical (unpaired) electrons. The lowest BCUT2D eigenvalue weighted by Gasteiger charge is -2.35. The van der Waals surface area contributed by atoms with Gasteiger partial charge < -0.3 is 25.8 Å². The average molecular weight is 419 g/mol. The Morgan fingerprint density at radius 2 is 1.83 bits per heavy atom. The molecular weight excluding hydrogens is 396 g/mol. The molecule has 0 saturated carbocycles. The number of carbonyl (C=O) groups is 2. The SMILES string of the molecule is O=C(C[C@@H]1CC[C@H](NC(=O)Nc2cc(F)ccc2F)[C@@H](CO)O1)Nc1ccccc1. The number of ether oxygens (including phenoxy) is 1. The maximum absolute atomic E-state index is 13.7. The monoisotopic (exact) mass is 419 g/mol. The van der Waals surface area contributed by atoms with Crippen molar-refractivity contribution in [2.75, 3.05) is 17.2 Å². The minimum absolute atomic E-state index is 0.110. The summed E-state index contributed by atoms with van der Waals surface area (Å²) in [6.07, 6.45) is -0.0892. The fourth-order valence-corrected chi connectivity index (χ4v) is 3.31. The molecule has 3 amide bonds. The average Bonchev–Trinajstić information content (AvgIpc) is 2.72. The van der Waals surface area contributed by atoms with E-state index in [1.54, 1.807) is 12.1 Å². The number of nitrogens with one attached hydrogen (secondary N) is 3. The van der Waals surface area contributed by atoms with Crippen LogP contribution in [0.25, 0.3) is 0 Å². The molecule has 2 aromatic carbocycles. The van der Waals surface area contributed by atoms with Gasteiger partial charge in [0.25, 0.3) is 0 Å². The number of para-hydroxylation sites is 1. The van der Waals surface area contributed by atoms with Crippen molar-refractivity contribution in [3.63, 3.8) is 0 Å². The van der Waals surface area contributed by atoms with E-state index >= 15 is 0 Å². The van der Waals surface area contributed by atoms with E-state index < -0.39 is 35.9 Å². The van der Waals surface area contributed by atoms with Gasteiger partial charge in [-0.3, -0.25) is 4.79 Å². The molecule has 0 spiro atoms. The third kappa shape index (κ3) is 5.98. The van der Waals surface area contributed by atoms with Gasteiger partial charge in [0.05, 0.1) is 30.9 Å². The lowest BCUT2D eigenvalue weighted by Crippen LogP contribution is -2.52. The molecule has 7 nitrogen and oxygen atoms in total. The van der Waals surface area contributed by atoms with Gasteiger partial charge in [0.2, 0.25) is 5.91 Å². The Morgan fingerprint density at radius 3 is 2.57 bits per heavy atom. The Bertz CT molecular complexity index is 882. The molecular formula is C21H23F2N3O4. The molecule has 160 valence electrons. The number of urea groups is 1. The summed E-state index contributed by atoms with van der Waals surface area (Å²) in [5, 5.41) is 17.3. The summed E-state index contributed by atoms with van der Waals surface area (Å²) >= 11 is 0. The van der Waals surface area contributed by atoms with Crippen LogP contribution in [0.2, 0.25) is 0 Å². The number of anilines is 2. The number of aliphatic hydroxyl groups excluding tert-OH is 1. The Hall–Kier alpha value is -3.04. The fourth-order valence-electron chi connectivity index (χ4n) is 3.31. The zero-order chi connectivity index (χ0) is 21.5. The number of benzene rings is 2. The zero-order valence-corrected chi connectivity index (χ0v) is 16.1. The molecule has 0 bridgehead atoms. The molecule has 1 heterocycles. The number of halogens is 2. The Labute approximate surface area is 172 Å². The van der Waals surface area contributed by atoms with Crippen molar-refractivity contribution >= 4 is 23.3 Å². The lowest BCUT2D eigenvalue weighted by atomic mass is 9.97. The first kappa shape index (κ1) is 21.7. The number of amides is 3. The second-order valence-corrected chi connectivity index (χ2v) is 7.00. The van der Waals surface area contributed by atoms with E-state index in [0.717, 1.165) is 18.2 Å². The standard InChI is InChI=1S/C21H23F2N3O4/c22-13-6-8-16(23)18(10-13)26-21(29)25-17-9-7-15(30-19(17)12-27)11-20(28)24-14-4-2-1-3-5-14/h1-6,8,10,15,17,19,27H,7,9,11-12H2,(H,24,28)(H2,25,26,29)/t15-,17-,19+/m0/s1. The molecule has 4 N–H and O–H groups in total. The van der Waals surface area contributed by atoms with Crippen LogP contribution in [0.5, 0.6) is 0 Å². The van der Waals surface area contributed by atoms with Gasteiger partial charge in [-0.05, 0) is 37.1 Å². The van der Waals surface area contributed by atoms with Crippen LogP contribution in [0.1, 0.15) is 19.3 Å². The second-order valence-electron chi connectivity index (χ2n) is 7.00. The lowest BCUT2D eigenvalue weighted by molar-refractivity contribution is -0.126. The van der Waals surface area contributed by atoms with Crippen molar-refractivity contribution in [2.24, 2.45) is 0 Å². The third-order valence-corrected chi connectivity index (χ3v) is 4.76. The van der Waals surface area contributed by atoms with Crippen LogP contribution >= 0.6 is 0 Å². The van der Waals surface area contributed by atoms with Gasteiger partial charge in [-0.1, -0.05) is 18.2 Å². The van der Waals surface area contributed by atoms with E-state index in [1.807, 2.05) is 18.2 Å². The molecule has 0 aliphatic carbocycles. The van der Waals surface area contributed by atoms with Crippen molar-refractivity contribution in [1.82, 2.24) is 5.32 Å². The zero-order valence-electron chi connectivity index (χ0n) is 16.1. The maximum atomic E-state index is 13.7. The highest BCUT2D eigenvalue weighted by Crippen LogP contribution is 2.23. The van der Waals surface area contributed by atoms with E-state index in [4.69, 9.17) is 4.74 Å². The quantitative estimate of drug-likeness (QED) is 0.578. The first-order valence-corrected chi connectivity index (χ1v) is 9.58. The van der Waals surface area contributed by atoms with Gasteiger partial charge in [-0.15, -0.1) is 0 Å². The van der Waals surface area contributed by atoms with Crippen molar-refractivity contribution < 1.29 is 28.2 Å². The third-order valence-electron chi connectivity index (χ3n) is 4.76. The molecule has 0 unspecified atom stereocenters. The van der Waals surface area contributed by atoms with Gasteiger partial charge >= 0.3 is 6.03 Å². The summed E-state index contributed by atoms with van der Waals surface area (Å²) in [7, 11) is 0. The van der Waals surface area contributed by atoms with Gasteiger partial charge in [-0.2, -0.15) is 0 Å². The first-order valence-electron chi connectivity index (χ1n) is 9.58. The molecule has 1 aliphatic heterocycles. The summed E-state index contributed by atoms with van der Waals surface area (Å²) in [5.74, 6) is -1.67. The fraction of sp³-hybridized carbons (Fsp3) is 0.333. The van der Waals surface area contributed by atoms with E-state index in [9.17, 15) is 23.5 Å². The largest absolute Gasteiger partial charge is 0.394 e. The van der Waals surface area contributed by atoms with Gasteiger partial charge in [0.1, 0.15) is 17.7 Å². The van der Waals surface area contributed by atoms with Crippen LogP contribution in [0.4, 0.5) is 25.0 Å². The highest BCUT2D eigenvalue weighted by Gasteiger charge is 2.33. The molecule has 3 atom stereocenters. The summed E-state index contributed by atoms with van der Waals surface area (Å²) < 4.78 is 32.7. The van der Waals surface area contributed by atoms with Crippen LogP contribution in [0.3, 0.4) is 0 Å². The first-order chi connectivity index (χ1) is 14.4. The molecule has 30 heavy (non-hydrogen) atoms. The summed E-state index contributed by atoms with van der Waals surface area (Å²) in [5.41, 5.74) is 0.387. The van der Waals surface area contributed by atoms with Crippen molar-refractivity contribution in [3.8, 4) is 0 Å². The van der Waals surface area contributed by atoms with E-state index in [2.05, 4.69) is 16.0 Å². The van der Waals surface area contributed by atoms with Gasteiger partial charge in [0.15, 0.2) is 0 Å². The maximum Gasteiger partial charge on any atom is 0.319 e. The molecule has 2 aromatic rings. The Morgan fingerprint density at radius 1 is 1.07 bits per heavy atom. The van der Waals surface area contributed by atoms with Crippen LogP contribution < -0.4 is 16.0 Å². The number of carbonyl (C=O) groups excluding carboxylic acids is 2. The van der Waals surface area contributed by atoms with Crippen LogP contribution in [-0.4, -0.2) is 41.9 Å². The Kier molecular flexibility index (Phi) is 7.31. The van der Waals surface area contributed by atoms with Crippen molar-refractivity contribution in [1.29, 1.82) is 0 Å². The minimum atomic E-state index is -0.769. The van der Waals surface area contributed by atoms with E-state index in [1.165, 1.54) is 0 Å². The number of hydrogen-bond acceptors (Lipinski definition) is 4. The predicted octanol–water partition coefficient (Wildman–Crippen LogP) is 3.02. The van der Waals surface area contributed by atoms with Crippen molar-refractivity contribution in [3.05, 3.63) is 60.2 Å². The minimum Gasteiger partial charge on any atom is -0.394 e. The van der Waals surface area contributed by atoms with Crippen LogP contribution in [0.15, 0.2) is 48.5 Å². The smallest absolute Gasteiger partial charge is 0.319 e. The van der Waals surface area contributed by atoms with Crippen LogP contribution in [-0.2, 0) is 9.53 Å². The topological polar surface area (TPSA) is 99.7 Å². The summed E-state index contributed by atoms with van der Waals surface area (Å²) in [4.78, 5) is 24.4. The molecule has 1 saturated heterocycles. The Balaban J connectivity index is 1.50. The number of rotatable bonds is 6. The molecule has 1 aliphatic rings. The van der Waals surface area contributed by atoms with Crippen molar-refractivity contribution in [2.45, 2.75) is 37.5 Å². The number of aliphatic hydroxyl groups is 1. The van der Waals surface area contributed by atoms with E-state index in [-0.39, 0.29) is 24.6 Å². The normalized spacial score (nSPS) is 21.0. The van der Waals surface area contributed by atoms with Gasteiger partial charge in [0, 0.05) is 11.8 Å². The molecule has 9 heteroatoms. The highest BCUT2D eigenvalue weighted by atomic mass is 19.1. The number of hydrogen-bond donors (Lipinski definition) is 4. The summed E-state index contributed by atoms with van der Waals surface area (Å²) in [6.45, 7) is -0.365. The summed E-state index contributed by atoms with van der Waals surface area (Å²) in [6, 6.07) is 10.5. The van der Waals surface area contributed by atoms with Gasteiger partial charge in [-0.25, -0.2) is 13.6 Å². The molecule has 1 fully saturated rings. The highest BCUT2D eigenvalue weighted by molar-refractivity contribution is 5.91. The second kappa shape index (κ2) is 10.1.